The molecule has 0 saturated heterocycles. The van der Waals surface area contributed by atoms with Crippen LogP contribution in [0.3, 0.4) is 0 Å². The van der Waals surface area contributed by atoms with Crippen molar-refractivity contribution in [3.05, 3.63) is 58.8 Å². The van der Waals surface area contributed by atoms with Crippen LogP contribution in [0.25, 0.3) is 10.9 Å². The number of aromatic nitrogens is 2. The molecule has 1 saturated carbocycles. The van der Waals surface area contributed by atoms with Crippen LogP contribution in [0.4, 0.5) is 0 Å². The first-order valence-electron chi connectivity index (χ1n) is 10.6. The van der Waals surface area contributed by atoms with Gasteiger partial charge in [-0.2, -0.15) is 0 Å². The fourth-order valence-electron chi connectivity index (χ4n) is 3.96. The lowest BCUT2D eigenvalue weighted by Gasteiger charge is -2.21. The standard InChI is InChI=1S/C23H27N3O3S/c27-21(24-17-9-4-2-1-3-5-10-17)16-30-23-25-20-13-7-6-12-19(20)22(28)26(23)15-18-11-8-14-29-18/h6-8,11-14,17H,1-5,9-10,15-16H2,(H,24,27). The molecule has 1 N–H and O–H groups in total. The van der Waals surface area contributed by atoms with Crippen LogP contribution in [0, 0.1) is 0 Å². The SMILES string of the molecule is O=C(CSc1nc2ccccc2c(=O)n1Cc1ccco1)NC1CCCCCCC1. The molecular formula is C23H27N3O3S. The topological polar surface area (TPSA) is 77.1 Å². The zero-order chi connectivity index (χ0) is 20.8. The minimum atomic E-state index is -0.125. The van der Waals surface area contributed by atoms with E-state index in [2.05, 4.69) is 10.3 Å². The Kier molecular flexibility index (Phi) is 6.89. The van der Waals surface area contributed by atoms with Gasteiger partial charge in [-0.3, -0.25) is 14.2 Å². The van der Waals surface area contributed by atoms with E-state index in [9.17, 15) is 9.59 Å². The summed E-state index contributed by atoms with van der Waals surface area (Å²) in [4.78, 5) is 30.3. The van der Waals surface area contributed by atoms with Crippen LogP contribution in [-0.4, -0.2) is 27.3 Å². The molecule has 0 aliphatic heterocycles. The van der Waals surface area contributed by atoms with E-state index < -0.39 is 0 Å². The van der Waals surface area contributed by atoms with Crippen molar-refractivity contribution in [2.75, 3.05) is 5.75 Å². The molecular weight excluding hydrogens is 398 g/mol. The van der Waals surface area contributed by atoms with Gasteiger partial charge in [0.05, 0.1) is 29.5 Å². The second-order valence-corrected chi connectivity index (χ2v) is 8.72. The number of amides is 1. The molecule has 158 valence electrons. The number of carbonyl (C=O) groups excluding carboxylic acids is 1. The molecule has 30 heavy (non-hydrogen) atoms. The lowest BCUT2D eigenvalue weighted by molar-refractivity contribution is -0.119. The van der Waals surface area contributed by atoms with E-state index in [-0.39, 0.29) is 29.8 Å². The fourth-order valence-corrected chi connectivity index (χ4v) is 4.77. The fraction of sp³-hybridized carbons (Fsp3) is 0.435. The molecule has 4 rings (SSSR count). The van der Waals surface area contributed by atoms with Crippen LogP contribution < -0.4 is 10.9 Å². The molecule has 0 spiro atoms. The van der Waals surface area contributed by atoms with Gasteiger partial charge in [-0.25, -0.2) is 4.98 Å². The van der Waals surface area contributed by atoms with Gasteiger partial charge in [-0.1, -0.05) is 56.0 Å². The number of nitrogens with one attached hydrogen (secondary N) is 1. The summed E-state index contributed by atoms with van der Waals surface area (Å²) < 4.78 is 7.02. The summed E-state index contributed by atoms with van der Waals surface area (Å²) >= 11 is 1.30. The molecule has 1 aliphatic rings. The monoisotopic (exact) mass is 425 g/mol. The summed E-state index contributed by atoms with van der Waals surface area (Å²) in [6, 6.07) is 11.2. The minimum absolute atomic E-state index is 0.00229. The quantitative estimate of drug-likeness (QED) is 0.469. The molecule has 1 aliphatic carbocycles. The van der Waals surface area contributed by atoms with Gasteiger partial charge in [0, 0.05) is 6.04 Å². The van der Waals surface area contributed by atoms with Gasteiger partial charge in [-0.05, 0) is 37.1 Å². The molecule has 0 bridgehead atoms. The van der Waals surface area contributed by atoms with Gasteiger partial charge in [0.1, 0.15) is 5.76 Å². The van der Waals surface area contributed by atoms with E-state index in [1.54, 1.807) is 23.0 Å². The van der Waals surface area contributed by atoms with Gasteiger partial charge in [0.15, 0.2) is 5.16 Å². The van der Waals surface area contributed by atoms with Crippen LogP contribution in [0.1, 0.15) is 50.7 Å². The molecule has 1 amide bonds. The maximum atomic E-state index is 13.1. The highest BCUT2D eigenvalue weighted by Crippen LogP contribution is 2.20. The largest absolute Gasteiger partial charge is 0.467 e. The van der Waals surface area contributed by atoms with Gasteiger partial charge < -0.3 is 9.73 Å². The third-order valence-electron chi connectivity index (χ3n) is 5.52. The highest BCUT2D eigenvalue weighted by molar-refractivity contribution is 7.99. The van der Waals surface area contributed by atoms with Crippen LogP contribution in [0.15, 0.2) is 57.0 Å². The van der Waals surface area contributed by atoms with Crippen molar-refractivity contribution in [2.24, 2.45) is 0 Å². The number of rotatable bonds is 6. The Morgan fingerprint density at radius 3 is 2.63 bits per heavy atom. The number of fused-ring (bicyclic) bond motifs is 1. The van der Waals surface area contributed by atoms with Crippen molar-refractivity contribution in [2.45, 2.75) is 62.7 Å². The van der Waals surface area contributed by atoms with E-state index in [4.69, 9.17) is 4.42 Å². The van der Waals surface area contributed by atoms with Crippen molar-refractivity contribution in [3.8, 4) is 0 Å². The van der Waals surface area contributed by atoms with Crippen LogP contribution in [0.5, 0.6) is 0 Å². The third-order valence-corrected chi connectivity index (χ3v) is 6.50. The van der Waals surface area contributed by atoms with Crippen molar-refractivity contribution < 1.29 is 9.21 Å². The summed E-state index contributed by atoms with van der Waals surface area (Å²) in [5.74, 6) is 0.909. The van der Waals surface area contributed by atoms with E-state index >= 15 is 0 Å². The van der Waals surface area contributed by atoms with Crippen molar-refractivity contribution in [1.29, 1.82) is 0 Å². The Balaban J connectivity index is 1.50. The molecule has 1 fully saturated rings. The maximum absolute atomic E-state index is 13.1. The highest BCUT2D eigenvalue weighted by Gasteiger charge is 2.17. The average Bonchev–Trinajstić information content (AvgIpc) is 3.24. The molecule has 3 aromatic rings. The first kappa shape index (κ1) is 20.7. The number of para-hydroxylation sites is 1. The Labute approximate surface area is 180 Å². The van der Waals surface area contributed by atoms with Gasteiger partial charge in [0.25, 0.3) is 5.56 Å². The number of benzene rings is 1. The molecule has 6 nitrogen and oxygen atoms in total. The maximum Gasteiger partial charge on any atom is 0.262 e. The first-order valence-corrected chi connectivity index (χ1v) is 11.6. The predicted octanol–water partition coefficient (Wildman–Crippen LogP) is 4.36. The zero-order valence-corrected chi connectivity index (χ0v) is 17.8. The molecule has 0 unspecified atom stereocenters. The van der Waals surface area contributed by atoms with Crippen molar-refractivity contribution >= 4 is 28.6 Å². The number of thioether (sulfide) groups is 1. The smallest absolute Gasteiger partial charge is 0.262 e. The first-order chi connectivity index (χ1) is 14.7. The summed E-state index contributed by atoms with van der Waals surface area (Å²) in [6.45, 7) is 0.288. The number of hydrogen-bond acceptors (Lipinski definition) is 5. The lowest BCUT2D eigenvalue weighted by atomic mass is 9.97. The summed E-state index contributed by atoms with van der Waals surface area (Å²) in [5, 5.41) is 4.27. The molecule has 1 aromatic carbocycles. The second kappa shape index (κ2) is 9.98. The van der Waals surface area contributed by atoms with Crippen LogP contribution in [0.2, 0.25) is 0 Å². The lowest BCUT2D eigenvalue weighted by Crippen LogP contribution is -2.36. The highest BCUT2D eigenvalue weighted by atomic mass is 32.2. The second-order valence-electron chi connectivity index (χ2n) is 7.78. The van der Waals surface area contributed by atoms with Gasteiger partial charge in [0.2, 0.25) is 5.91 Å². The molecule has 2 heterocycles. The molecule has 0 atom stereocenters. The van der Waals surface area contributed by atoms with Gasteiger partial charge in [-0.15, -0.1) is 0 Å². The van der Waals surface area contributed by atoms with E-state index in [0.717, 1.165) is 12.8 Å². The Bertz CT molecular complexity index is 1040. The Hall–Kier alpha value is -2.54. The zero-order valence-electron chi connectivity index (χ0n) is 17.0. The summed E-state index contributed by atoms with van der Waals surface area (Å²) in [6.07, 6.45) is 9.84. The van der Waals surface area contributed by atoms with Crippen LogP contribution in [-0.2, 0) is 11.3 Å². The summed E-state index contributed by atoms with van der Waals surface area (Å²) in [7, 11) is 0. The van der Waals surface area contributed by atoms with Gasteiger partial charge >= 0.3 is 0 Å². The summed E-state index contributed by atoms with van der Waals surface area (Å²) in [5.41, 5.74) is 0.515. The number of furan rings is 1. The number of hydrogen-bond donors (Lipinski definition) is 1. The molecule has 2 aromatic heterocycles. The third kappa shape index (κ3) is 5.14. The minimum Gasteiger partial charge on any atom is -0.467 e. The molecule has 7 heteroatoms. The van der Waals surface area contributed by atoms with Crippen molar-refractivity contribution in [1.82, 2.24) is 14.9 Å². The Morgan fingerprint density at radius 1 is 1.10 bits per heavy atom. The van der Waals surface area contributed by atoms with E-state index in [0.29, 0.717) is 21.8 Å². The number of carbonyl (C=O) groups is 1. The normalized spacial score (nSPS) is 15.6. The Morgan fingerprint density at radius 2 is 1.87 bits per heavy atom. The van der Waals surface area contributed by atoms with E-state index in [1.807, 2.05) is 24.3 Å². The van der Waals surface area contributed by atoms with Crippen molar-refractivity contribution in [3.63, 3.8) is 0 Å². The van der Waals surface area contributed by atoms with Crippen LogP contribution >= 0.6 is 11.8 Å². The molecule has 0 radical (unpaired) electrons. The number of nitrogens with zero attached hydrogens (tertiary/aromatic N) is 2. The average molecular weight is 426 g/mol. The van der Waals surface area contributed by atoms with E-state index in [1.165, 1.54) is 43.9 Å². The predicted molar refractivity (Wildman–Crippen MR) is 119 cm³/mol.